The van der Waals surface area contributed by atoms with Crippen LogP contribution in [0.4, 0.5) is 10.5 Å². The van der Waals surface area contributed by atoms with Gasteiger partial charge >= 0.3 is 12.1 Å². The van der Waals surface area contributed by atoms with Crippen molar-refractivity contribution in [3.8, 4) is 0 Å². The molecule has 5 nitrogen and oxygen atoms in total. The van der Waals surface area contributed by atoms with Crippen LogP contribution < -0.4 is 5.32 Å². The summed E-state index contributed by atoms with van der Waals surface area (Å²) in [5.41, 5.74) is 1.46. The molecule has 2 aromatic carbocycles. The molecule has 0 fully saturated rings. The number of hydrogen-bond donors (Lipinski definition) is 1. The van der Waals surface area contributed by atoms with Gasteiger partial charge in [0.05, 0.1) is 17.7 Å². The number of carbonyl (C=O) groups is 2. The van der Waals surface area contributed by atoms with Gasteiger partial charge in [-0.25, -0.2) is 9.59 Å². The van der Waals surface area contributed by atoms with E-state index >= 15 is 0 Å². The molecule has 0 atom stereocenters. The van der Waals surface area contributed by atoms with Gasteiger partial charge in [-0.1, -0.05) is 41.9 Å². The first-order chi connectivity index (χ1) is 11.0. The molecular weight excluding hydrogens is 433 g/mol. The molecule has 0 radical (unpaired) electrons. The summed E-state index contributed by atoms with van der Waals surface area (Å²) in [5.74, 6) is -0.575. The van der Waals surface area contributed by atoms with E-state index in [0.717, 1.165) is 5.56 Å². The van der Waals surface area contributed by atoms with Crippen LogP contribution in [0.25, 0.3) is 0 Å². The van der Waals surface area contributed by atoms with Gasteiger partial charge < -0.3 is 9.47 Å². The van der Waals surface area contributed by atoms with Crippen molar-refractivity contribution in [3.05, 3.63) is 62.2 Å². The molecule has 0 heterocycles. The van der Waals surface area contributed by atoms with Crippen molar-refractivity contribution >= 4 is 51.9 Å². The minimum atomic E-state index is -0.622. The summed E-state index contributed by atoms with van der Waals surface area (Å²) < 4.78 is 10.4. The number of carbonyl (C=O) groups excluding carboxylic acids is 2. The van der Waals surface area contributed by atoms with Gasteiger partial charge in [0.2, 0.25) is 0 Å². The van der Waals surface area contributed by atoms with Gasteiger partial charge in [0.15, 0.2) is 0 Å². The van der Waals surface area contributed by atoms with E-state index in [1.54, 1.807) is 6.07 Å². The number of hydrogen-bond acceptors (Lipinski definition) is 4. The van der Waals surface area contributed by atoms with Crippen molar-refractivity contribution in [3.63, 3.8) is 0 Å². The summed E-state index contributed by atoms with van der Waals surface area (Å²) >= 11 is 8.04. The topological polar surface area (TPSA) is 64.6 Å². The fraction of sp³-hybridized carbons (Fsp3) is 0.125. The summed E-state index contributed by atoms with van der Waals surface area (Å²) in [4.78, 5) is 23.5. The molecule has 0 aliphatic carbocycles. The Kier molecular flexibility index (Phi) is 6.23. The molecular formula is C16H13ClINO4. The molecule has 0 aromatic heterocycles. The fourth-order valence-corrected chi connectivity index (χ4v) is 2.61. The zero-order chi connectivity index (χ0) is 16.8. The van der Waals surface area contributed by atoms with Gasteiger partial charge in [0, 0.05) is 9.26 Å². The summed E-state index contributed by atoms with van der Waals surface area (Å²) in [6.45, 7) is 0.154. The molecule has 1 amide bonds. The molecule has 2 aromatic rings. The number of esters is 1. The van der Waals surface area contributed by atoms with Crippen LogP contribution in [0, 0.1) is 3.57 Å². The summed E-state index contributed by atoms with van der Waals surface area (Å²) in [7, 11) is 1.26. The Morgan fingerprint density at radius 3 is 2.57 bits per heavy atom. The summed E-state index contributed by atoms with van der Waals surface area (Å²) in [6.07, 6.45) is -0.622. The molecule has 0 aliphatic heterocycles. The molecule has 0 saturated heterocycles. The van der Waals surface area contributed by atoms with Crippen molar-refractivity contribution in [2.24, 2.45) is 0 Å². The lowest BCUT2D eigenvalue weighted by atomic mass is 10.2. The maximum Gasteiger partial charge on any atom is 0.411 e. The van der Waals surface area contributed by atoms with Gasteiger partial charge in [0.1, 0.15) is 6.61 Å². The highest BCUT2D eigenvalue weighted by Crippen LogP contribution is 2.28. The summed E-state index contributed by atoms with van der Waals surface area (Å²) in [5, 5.41) is 2.85. The maximum atomic E-state index is 11.8. The number of anilines is 1. The molecule has 0 saturated carbocycles. The Morgan fingerprint density at radius 1 is 1.22 bits per heavy atom. The smallest absolute Gasteiger partial charge is 0.411 e. The number of benzene rings is 2. The van der Waals surface area contributed by atoms with Crippen LogP contribution in [-0.4, -0.2) is 19.2 Å². The number of ether oxygens (including phenoxy) is 2. The monoisotopic (exact) mass is 445 g/mol. The standard InChI is InChI=1S/C16H13ClINO4/c1-22-15(20)12-7-11(8-13(18)14(12)17)19-16(21)23-9-10-5-3-2-4-6-10/h2-8H,9H2,1H3,(H,19,21). The summed E-state index contributed by atoms with van der Waals surface area (Å²) in [6, 6.07) is 12.4. The molecule has 1 N–H and O–H groups in total. The van der Waals surface area contributed by atoms with Crippen LogP contribution in [0.1, 0.15) is 15.9 Å². The van der Waals surface area contributed by atoms with E-state index in [2.05, 4.69) is 10.1 Å². The lowest BCUT2D eigenvalue weighted by molar-refractivity contribution is 0.0601. The van der Waals surface area contributed by atoms with Gasteiger partial charge in [-0.05, 0) is 40.3 Å². The highest BCUT2D eigenvalue weighted by molar-refractivity contribution is 14.1. The Bertz CT molecular complexity index is 722. The predicted octanol–water partition coefficient (Wildman–Crippen LogP) is 4.48. The second-order valence-electron chi connectivity index (χ2n) is 4.50. The third kappa shape index (κ3) is 4.84. The molecule has 7 heteroatoms. The molecule has 2 rings (SSSR count). The van der Waals surface area contributed by atoms with Crippen molar-refractivity contribution in [2.45, 2.75) is 6.61 Å². The quantitative estimate of drug-likeness (QED) is 0.557. The first-order valence-electron chi connectivity index (χ1n) is 6.56. The zero-order valence-corrected chi connectivity index (χ0v) is 15.1. The third-order valence-corrected chi connectivity index (χ3v) is 4.47. The van der Waals surface area contributed by atoms with Gasteiger partial charge in [-0.15, -0.1) is 0 Å². The van der Waals surface area contributed by atoms with Crippen LogP contribution >= 0.6 is 34.2 Å². The first-order valence-corrected chi connectivity index (χ1v) is 8.02. The van der Waals surface area contributed by atoms with Crippen LogP contribution in [-0.2, 0) is 16.1 Å². The second-order valence-corrected chi connectivity index (χ2v) is 6.04. The predicted molar refractivity (Wildman–Crippen MR) is 95.8 cm³/mol. The van der Waals surface area contributed by atoms with E-state index < -0.39 is 12.1 Å². The SMILES string of the molecule is COC(=O)c1cc(NC(=O)OCc2ccccc2)cc(I)c1Cl. The van der Waals surface area contributed by atoms with E-state index in [1.165, 1.54) is 13.2 Å². The van der Waals surface area contributed by atoms with Crippen LogP contribution in [0.2, 0.25) is 5.02 Å². The number of nitrogens with one attached hydrogen (secondary N) is 1. The normalized spacial score (nSPS) is 10.0. The third-order valence-electron chi connectivity index (χ3n) is 2.89. The molecule has 0 unspecified atom stereocenters. The largest absolute Gasteiger partial charge is 0.465 e. The Hall–Kier alpha value is -1.80. The molecule has 120 valence electrons. The van der Waals surface area contributed by atoms with E-state index in [1.807, 2.05) is 52.9 Å². The second kappa shape index (κ2) is 8.16. The van der Waals surface area contributed by atoms with Crippen molar-refractivity contribution < 1.29 is 19.1 Å². The maximum absolute atomic E-state index is 11.8. The van der Waals surface area contributed by atoms with Crippen LogP contribution in [0.15, 0.2) is 42.5 Å². The van der Waals surface area contributed by atoms with E-state index in [-0.39, 0.29) is 17.2 Å². The Morgan fingerprint density at radius 2 is 1.91 bits per heavy atom. The van der Waals surface area contributed by atoms with E-state index in [9.17, 15) is 9.59 Å². The highest BCUT2D eigenvalue weighted by atomic mass is 127. The van der Waals surface area contributed by atoms with Gasteiger partial charge in [0.25, 0.3) is 0 Å². The fourth-order valence-electron chi connectivity index (χ4n) is 1.80. The lowest BCUT2D eigenvalue weighted by Crippen LogP contribution is -2.14. The Labute approximate surface area is 152 Å². The van der Waals surface area contributed by atoms with Crippen molar-refractivity contribution in [2.75, 3.05) is 12.4 Å². The number of amides is 1. The zero-order valence-electron chi connectivity index (χ0n) is 12.1. The molecule has 23 heavy (non-hydrogen) atoms. The molecule has 0 bridgehead atoms. The number of halogens is 2. The van der Waals surface area contributed by atoms with E-state index in [4.69, 9.17) is 16.3 Å². The van der Waals surface area contributed by atoms with Crippen molar-refractivity contribution in [1.29, 1.82) is 0 Å². The van der Waals surface area contributed by atoms with Crippen LogP contribution in [0.3, 0.4) is 0 Å². The average molecular weight is 446 g/mol. The van der Waals surface area contributed by atoms with Gasteiger partial charge in [-0.2, -0.15) is 0 Å². The number of rotatable bonds is 4. The minimum Gasteiger partial charge on any atom is -0.465 e. The molecule has 0 aliphatic rings. The average Bonchev–Trinajstić information content (AvgIpc) is 2.56. The van der Waals surface area contributed by atoms with E-state index in [0.29, 0.717) is 9.26 Å². The Balaban J connectivity index is 2.06. The van der Waals surface area contributed by atoms with Crippen LogP contribution in [0.5, 0.6) is 0 Å². The van der Waals surface area contributed by atoms with Gasteiger partial charge in [-0.3, -0.25) is 5.32 Å². The molecule has 0 spiro atoms. The highest BCUT2D eigenvalue weighted by Gasteiger charge is 2.16. The number of methoxy groups -OCH3 is 1. The minimum absolute atomic E-state index is 0.154. The lowest BCUT2D eigenvalue weighted by Gasteiger charge is -2.10. The first kappa shape index (κ1) is 17.6. The van der Waals surface area contributed by atoms with Crippen molar-refractivity contribution in [1.82, 2.24) is 0 Å².